The zero-order chi connectivity index (χ0) is 13.0. The van der Waals surface area contributed by atoms with E-state index in [9.17, 15) is 4.79 Å². The van der Waals surface area contributed by atoms with Crippen molar-refractivity contribution in [3.8, 4) is 0 Å². The van der Waals surface area contributed by atoms with Gasteiger partial charge >= 0.3 is 0 Å². The Morgan fingerprint density at radius 2 is 2.11 bits per heavy atom. The van der Waals surface area contributed by atoms with Crippen molar-refractivity contribution >= 4 is 5.91 Å². The Kier molecular flexibility index (Phi) is 4.45. The summed E-state index contributed by atoms with van der Waals surface area (Å²) in [5.41, 5.74) is 0. The third kappa shape index (κ3) is 3.62. The number of rotatable bonds is 4. The molecule has 1 aromatic rings. The summed E-state index contributed by atoms with van der Waals surface area (Å²) in [4.78, 5) is 11.9. The predicted molar refractivity (Wildman–Crippen MR) is 71.2 cm³/mol. The van der Waals surface area contributed by atoms with Crippen LogP contribution in [0.5, 0.6) is 0 Å². The van der Waals surface area contributed by atoms with Crippen molar-refractivity contribution < 1.29 is 9.21 Å². The van der Waals surface area contributed by atoms with E-state index in [4.69, 9.17) is 4.42 Å². The van der Waals surface area contributed by atoms with Crippen LogP contribution in [0.25, 0.3) is 0 Å². The van der Waals surface area contributed by atoms with Gasteiger partial charge in [-0.1, -0.05) is 19.3 Å². The molecule has 0 aliphatic heterocycles. The topological polar surface area (TPSA) is 42.2 Å². The highest BCUT2D eigenvalue weighted by atomic mass is 16.3. The van der Waals surface area contributed by atoms with Crippen molar-refractivity contribution in [3.63, 3.8) is 0 Å². The Hall–Kier alpha value is -1.25. The second-order valence-corrected chi connectivity index (χ2v) is 5.45. The van der Waals surface area contributed by atoms with E-state index in [0.717, 1.165) is 11.5 Å². The molecule has 18 heavy (non-hydrogen) atoms. The first-order valence-electron chi connectivity index (χ1n) is 7.01. The lowest BCUT2D eigenvalue weighted by Crippen LogP contribution is -2.28. The van der Waals surface area contributed by atoms with Crippen molar-refractivity contribution in [1.82, 2.24) is 5.32 Å². The van der Waals surface area contributed by atoms with Gasteiger partial charge in [-0.2, -0.15) is 0 Å². The summed E-state index contributed by atoms with van der Waals surface area (Å²) in [6.45, 7) is 3.89. The highest BCUT2D eigenvalue weighted by Gasteiger charge is 2.19. The van der Waals surface area contributed by atoms with Crippen LogP contribution in [0.3, 0.4) is 0 Å². The Bertz CT molecular complexity index is 391. The van der Waals surface area contributed by atoms with Gasteiger partial charge in [-0.25, -0.2) is 0 Å². The molecular weight excluding hydrogens is 226 g/mol. The van der Waals surface area contributed by atoms with Gasteiger partial charge in [0.2, 0.25) is 5.91 Å². The van der Waals surface area contributed by atoms with Gasteiger partial charge in [0.25, 0.3) is 0 Å². The number of amides is 1. The molecule has 1 saturated carbocycles. The molecule has 3 heteroatoms. The van der Waals surface area contributed by atoms with Gasteiger partial charge in [-0.3, -0.25) is 4.79 Å². The van der Waals surface area contributed by atoms with Gasteiger partial charge < -0.3 is 9.73 Å². The van der Waals surface area contributed by atoms with Gasteiger partial charge in [0.05, 0.1) is 6.04 Å². The van der Waals surface area contributed by atoms with Gasteiger partial charge in [0, 0.05) is 6.42 Å². The molecule has 1 fully saturated rings. The molecule has 1 amide bonds. The number of hydrogen-bond donors (Lipinski definition) is 1. The van der Waals surface area contributed by atoms with E-state index in [0.29, 0.717) is 12.3 Å². The largest absolute Gasteiger partial charge is 0.464 e. The molecule has 1 N–H and O–H groups in total. The standard InChI is InChI=1S/C15H23NO2/c1-11-8-9-14(18-11)12(2)16-15(17)10-13-6-4-3-5-7-13/h8-9,12-13H,3-7,10H2,1-2H3,(H,16,17). The molecule has 1 unspecified atom stereocenters. The van der Waals surface area contributed by atoms with Gasteiger partial charge in [-0.15, -0.1) is 0 Å². The van der Waals surface area contributed by atoms with E-state index in [-0.39, 0.29) is 11.9 Å². The second kappa shape index (κ2) is 6.07. The fraction of sp³-hybridized carbons (Fsp3) is 0.667. The number of hydrogen-bond acceptors (Lipinski definition) is 2. The van der Waals surface area contributed by atoms with Crippen LogP contribution in [0.2, 0.25) is 0 Å². The summed E-state index contributed by atoms with van der Waals surface area (Å²) in [5, 5.41) is 3.02. The van der Waals surface area contributed by atoms with Crippen LogP contribution in [0, 0.1) is 12.8 Å². The fourth-order valence-electron chi connectivity index (χ4n) is 2.71. The number of carbonyl (C=O) groups is 1. The van der Waals surface area contributed by atoms with Gasteiger partial charge in [0.15, 0.2) is 0 Å². The summed E-state index contributed by atoms with van der Waals surface area (Å²) in [6, 6.07) is 3.83. The molecule has 1 aliphatic carbocycles. The molecule has 1 atom stereocenters. The van der Waals surface area contributed by atoms with Crippen molar-refractivity contribution in [2.24, 2.45) is 5.92 Å². The minimum atomic E-state index is -0.0326. The van der Waals surface area contributed by atoms with Crippen molar-refractivity contribution in [2.75, 3.05) is 0 Å². The number of nitrogens with one attached hydrogen (secondary N) is 1. The van der Waals surface area contributed by atoms with Gasteiger partial charge in [-0.05, 0) is 44.7 Å². The first-order chi connectivity index (χ1) is 8.65. The average Bonchev–Trinajstić information content (AvgIpc) is 2.77. The minimum Gasteiger partial charge on any atom is -0.464 e. The van der Waals surface area contributed by atoms with Crippen molar-refractivity contribution in [1.29, 1.82) is 0 Å². The number of furan rings is 1. The molecule has 0 saturated heterocycles. The van der Waals surface area contributed by atoms with Crippen LogP contribution in [0.4, 0.5) is 0 Å². The lowest BCUT2D eigenvalue weighted by atomic mass is 9.87. The number of carbonyl (C=O) groups excluding carboxylic acids is 1. The lowest BCUT2D eigenvalue weighted by Gasteiger charge is -2.21. The van der Waals surface area contributed by atoms with Crippen LogP contribution >= 0.6 is 0 Å². The molecule has 1 aliphatic rings. The van der Waals surface area contributed by atoms with Crippen molar-refractivity contribution in [2.45, 2.75) is 58.4 Å². The molecule has 3 nitrogen and oxygen atoms in total. The highest BCUT2D eigenvalue weighted by molar-refractivity contribution is 5.76. The van der Waals surface area contributed by atoms with Crippen LogP contribution < -0.4 is 5.32 Å². The molecule has 0 aromatic carbocycles. The summed E-state index contributed by atoms with van der Waals surface area (Å²) in [6.07, 6.45) is 6.99. The molecule has 1 heterocycles. The predicted octanol–water partition coefficient (Wildman–Crippen LogP) is 3.74. The molecule has 100 valence electrons. The minimum absolute atomic E-state index is 0.0326. The van der Waals surface area contributed by atoms with Crippen LogP contribution in [0.1, 0.15) is 63.0 Å². The number of aryl methyl sites for hydroxylation is 1. The molecule has 0 radical (unpaired) electrons. The smallest absolute Gasteiger partial charge is 0.220 e. The summed E-state index contributed by atoms with van der Waals surface area (Å²) >= 11 is 0. The maximum Gasteiger partial charge on any atom is 0.220 e. The summed E-state index contributed by atoms with van der Waals surface area (Å²) < 4.78 is 5.52. The Morgan fingerprint density at radius 1 is 1.39 bits per heavy atom. The molecule has 0 bridgehead atoms. The van der Waals surface area contributed by atoms with E-state index in [1.165, 1.54) is 32.1 Å². The zero-order valence-electron chi connectivity index (χ0n) is 11.4. The summed E-state index contributed by atoms with van der Waals surface area (Å²) in [7, 11) is 0. The average molecular weight is 249 g/mol. The maximum atomic E-state index is 11.9. The quantitative estimate of drug-likeness (QED) is 0.883. The van der Waals surface area contributed by atoms with Crippen LogP contribution in [-0.2, 0) is 4.79 Å². The van der Waals surface area contributed by atoms with Crippen molar-refractivity contribution in [3.05, 3.63) is 23.7 Å². The maximum absolute atomic E-state index is 11.9. The third-order valence-corrected chi connectivity index (χ3v) is 3.76. The Morgan fingerprint density at radius 3 is 2.72 bits per heavy atom. The first-order valence-corrected chi connectivity index (χ1v) is 7.01. The SMILES string of the molecule is Cc1ccc(C(C)NC(=O)CC2CCCCC2)o1. The highest BCUT2D eigenvalue weighted by Crippen LogP contribution is 2.26. The fourth-order valence-corrected chi connectivity index (χ4v) is 2.71. The third-order valence-electron chi connectivity index (χ3n) is 3.76. The molecule has 2 rings (SSSR count). The Labute approximate surface area is 109 Å². The van der Waals surface area contributed by atoms with E-state index < -0.39 is 0 Å². The van der Waals surface area contributed by atoms with E-state index in [2.05, 4.69) is 5.32 Å². The normalized spacial score (nSPS) is 18.6. The lowest BCUT2D eigenvalue weighted by molar-refractivity contribution is -0.123. The first kappa shape index (κ1) is 13.2. The van der Waals surface area contributed by atoms with E-state index >= 15 is 0 Å². The van der Waals surface area contributed by atoms with E-state index in [1.54, 1.807) is 0 Å². The van der Waals surface area contributed by atoms with Crippen LogP contribution in [-0.4, -0.2) is 5.91 Å². The molecule has 0 spiro atoms. The molecule has 1 aromatic heterocycles. The second-order valence-electron chi connectivity index (χ2n) is 5.45. The zero-order valence-corrected chi connectivity index (χ0v) is 11.4. The van der Waals surface area contributed by atoms with Crippen LogP contribution in [0.15, 0.2) is 16.5 Å². The van der Waals surface area contributed by atoms with Gasteiger partial charge in [0.1, 0.15) is 11.5 Å². The summed E-state index contributed by atoms with van der Waals surface area (Å²) in [5.74, 6) is 2.47. The Balaban J connectivity index is 1.79. The van der Waals surface area contributed by atoms with E-state index in [1.807, 2.05) is 26.0 Å². The molecular formula is C15H23NO2. The monoisotopic (exact) mass is 249 g/mol.